The Morgan fingerprint density at radius 1 is 1.12 bits per heavy atom. The molecule has 168 valence electrons. The number of para-hydroxylation sites is 1. The molecule has 32 heavy (non-hydrogen) atoms. The van der Waals surface area contributed by atoms with Crippen LogP contribution in [0.1, 0.15) is 22.5 Å². The second kappa shape index (κ2) is 9.35. The van der Waals surface area contributed by atoms with Crippen molar-refractivity contribution in [2.45, 2.75) is 20.8 Å². The molecule has 0 radical (unpaired) electrons. The van der Waals surface area contributed by atoms with E-state index in [-0.39, 0.29) is 5.69 Å². The summed E-state index contributed by atoms with van der Waals surface area (Å²) >= 11 is 0. The molecule has 0 atom stereocenters. The topological polar surface area (TPSA) is 83.8 Å². The van der Waals surface area contributed by atoms with E-state index in [4.69, 9.17) is 0 Å². The first-order valence-electron chi connectivity index (χ1n) is 9.88. The molecule has 1 aromatic heterocycles. The van der Waals surface area contributed by atoms with Crippen LogP contribution < -0.4 is 9.73 Å². The second-order valence-corrected chi connectivity index (χ2v) is 9.39. The van der Waals surface area contributed by atoms with Crippen LogP contribution in [0, 0.1) is 26.6 Å². The fraction of sp³-hybridized carbons (Fsp3) is 0.217. The molecule has 0 aliphatic carbocycles. The average Bonchev–Trinajstić information content (AvgIpc) is 3.00. The Morgan fingerprint density at radius 2 is 1.78 bits per heavy atom. The number of hydrazone groups is 1. The van der Waals surface area contributed by atoms with Crippen LogP contribution in [0.15, 0.2) is 59.7 Å². The molecule has 1 heterocycles. The number of nitrogens with zero attached hydrogens (tertiary/aromatic N) is 3. The molecule has 0 saturated heterocycles. The zero-order chi connectivity index (χ0) is 23.5. The molecular weight excluding hydrogens is 431 g/mol. The van der Waals surface area contributed by atoms with Crippen LogP contribution in [0.3, 0.4) is 0 Å². The van der Waals surface area contributed by atoms with Gasteiger partial charge in [-0.25, -0.2) is 18.2 Å². The van der Waals surface area contributed by atoms with Gasteiger partial charge in [-0.3, -0.25) is 9.10 Å². The third-order valence-corrected chi connectivity index (χ3v) is 6.16. The lowest BCUT2D eigenvalue weighted by atomic mass is 10.2. The van der Waals surface area contributed by atoms with E-state index in [0.717, 1.165) is 50.9 Å². The van der Waals surface area contributed by atoms with Crippen molar-refractivity contribution >= 4 is 27.8 Å². The molecule has 0 saturated carbocycles. The first-order chi connectivity index (χ1) is 15.1. The number of halogens is 1. The quantitative estimate of drug-likeness (QED) is 0.437. The van der Waals surface area contributed by atoms with Gasteiger partial charge in [0.2, 0.25) is 10.0 Å². The zero-order valence-electron chi connectivity index (χ0n) is 18.3. The van der Waals surface area contributed by atoms with Crippen LogP contribution >= 0.6 is 0 Å². The Labute approximate surface area is 187 Å². The van der Waals surface area contributed by atoms with Crippen molar-refractivity contribution in [3.05, 3.63) is 82.9 Å². The van der Waals surface area contributed by atoms with Gasteiger partial charge in [-0.15, -0.1) is 0 Å². The number of rotatable bonds is 7. The van der Waals surface area contributed by atoms with E-state index in [2.05, 4.69) is 15.1 Å². The summed E-state index contributed by atoms with van der Waals surface area (Å²) in [5.41, 5.74) is 7.55. The Bertz CT molecular complexity index is 1260. The molecule has 9 heteroatoms. The normalized spacial score (nSPS) is 11.7. The average molecular weight is 457 g/mol. The molecule has 0 bridgehead atoms. The maximum absolute atomic E-state index is 13.2. The number of benzene rings is 2. The number of carbonyl (C=O) groups excluding carboxylic acids is 1. The van der Waals surface area contributed by atoms with E-state index in [0.29, 0.717) is 0 Å². The molecule has 7 nitrogen and oxygen atoms in total. The predicted octanol–water partition coefficient (Wildman–Crippen LogP) is 3.46. The summed E-state index contributed by atoms with van der Waals surface area (Å²) in [5, 5.41) is 4.00. The van der Waals surface area contributed by atoms with Crippen LogP contribution in [0.25, 0.3) is 5.69 Å². The van der Waals surface area contributed by atoms with Gasteiger partial charge in [0.05, 0.1) is 18.2 Å². The summed E-state index contributed by atoms with van der Waals surface area (Å²) in [7, 11) is -3.75. The van der Waals surface area contributed by atoms with Crippen LogP contribution in [0.2, 0.25) is 0 Å². The molecular formula is C23H25FN4O3S. The van der Waals surface area contributed by atoms with Crippen LogP contribution in [0.5, 0.6) is 0 Å². The largest absolute Gasteiger partial charge is 0.318 e. The number of aromatic nitrogens is 1. The van der Waals surface area contributed by atoms with Crippen molar-refractivity contribution in [2.24, 2.45) is 5.10 Å². The van der Waals surface area contributed by atoms with E-state index in [1.165, 1.54) is 18.3 Å². The van der Waals surface area contributed by atoms with Gasteiger partial charge in [0.1, 0.15) is 12.4 Å². The number of sulfonamides is 1. The maximum Gasteiger partial charge on any atom is 0.260 e. The van der Waals surface area contributed by atoms with Gasteiger partial charge in [0, 0.05) is 22.6 Å². The molecule has 1 amide bonds. The lowest BCUT2D eigenvalue weighted by molar-refractivity contribution is -0.119. The monoisotopic (exact) mass is 456 g/mol. The first kappa shape index (κ1) is 23.2. The van der Waals surface area contributed by atoms with Gasteiger partial charge in [0.25, 0.3) is 5.91 Å². The van der Waals surface area contributed by atoms with E-state index in [9.17, 15) is 17.6 Å². The molecule has 0 fully saturated rings. The summed E-state index contributed by atoms with van der Waals surface area (Å²) in [5.74, 6) is -1.12. The Balaban J connectivity index is 1.74. The Morgan fingerprint density at radius 3 is 2.41 bits per heavy atom. The maximum atomic E-state index is 13.2. The number of hydrogen-bond acceptors (Lipinski definition) is 4. The van der Waals surface area contributed by atoms with Gasteiger partial charge in [-0.2, -0.15) is 5.10 Å². The number of aryl methyl sites for hydroxylation is 2. The van der Waals surface area contributed by atoms with E-state index in [1.807, 2.05) is 51.1 Å². The minimum atomic E-state index is -3.75. The van der Waals surface area contributed by atoms with Gasteiger partial charge in [-0.1, -0.05) is 18.2 Å². The minimum Gasteiger partial charge on any atom is -0.318 e. The fourth-order valence-corrected chi connectivity index (χ4v) is 4.31. The molecule has 1 N–H and O–H groups in total. The molecule has 0 spiro atoms. The van der Waals surface area contributed by atoms with Crippen molar-refractivity contribution in [1.29, 1.82) is 0 Å². The zero-order valence-corrected chi connectivity index (χ0v) is 19.1. The second-order valence-electron chi connectivity index (χ2n) is 7.49. The van der Waals surface area contributed by atoms with Crippen LogP contribution in [-0.4, -0.2) is 37.9 Å². The number of amides is 1. The molecule has 2 aromatic carbocycles. The highest BCUT2D eigenvalue weighted by atomic mass is 32.2. The van der Waals surface area contributed by atoms with Gasteiger partial charge in [0.15, 0.2) is 0 Å². The van der Waals surface area contributed by atoms with Crippen molar-refractivity contribution in [3.63, 3.8) is 0 Å². The predicted molar refractivity (Wildman–Crippen MR) is 124 cm³/mol. The molecule has 3 aromatic rings. The van der Waals surface area contributed by atoms with E-state index in [1.54, 1.807) is 0 Å². The van der Waals surface area contributed by atoms with E-state index < -0.39 is 28.3 Å². The summed E-state index contributed by atoms with van der Waals surface area (Å²) in [6.07, 6.45) is 2.50. The van der Waals surface area contributed by atoms with Crippen molar-refractivity contribution in [3.8, 4) is 5.69 Å². The first-order valence-corrected chi connectivity index (χ1v) is 11.7. The van der Waals surface area contributed by atoms with Crippen LogP contribution in [0.4, 0.5) is 10.1 Å². The highest BCUT2D eigenvalue weighted by Gasteiger charge is 2.20. The van der Waals surface area contributed by atoms with Crippen molar-refractivity contribution in [1.82, 2.24) is 9.99 Å². The molecule has 0 unspecified atom stereocenters. The number of hydrogen-bond donors (Lipinski definition) is 1. The number of carbonyl (C=O) groups is 1. The summed E-state index contributed by atoms with van der Waals surface area (Å²) in [6, 6.07) is 14.9. The van der Waals surface area contributed by atoms with Gasteiger partial charge >= 0.3 is 0 Å². The molecule has 0 aliphatic rings. The smallest absolute Gasteiger partial charge is 0.260 e. The third-order valence-electron chi connectivity index (χ3n) is 5.02. The standard InChI is InChI=1S/C23H25FN4O3S/c1-16-7-5-6-8-22(16)28-17(2)13-19(18(28)3)14-25-26-23(29)15-27(32(4,30)31)21-11-9-20(24)10-12-21/h5-14H,15H2,1-4H3,(H,26,29)/b25-14-. The van der Waals surface area contributed by atoms with Crippen LogP contribution in [-0.2, 0) is 14.8 Å². The molecule has 0 aliphatic heterocycles. The van der Waals surface area contributed by atoms with Crippen molar-refractivity contribution < 1.29 is 17.6 Å². The number of nitrogens with one attached hydrogen (secondary N) is 1. The summed E-state index contributed by atoms with van der Waals surface area (Å²) in [4.78, 5) is 12.3. The van der Waals surface area contributed by atoms with Gasteiger partial charge < -0.3 is 4.57 Å². The minimum absolute atomic E-state index is 0.190. The Hall–Kier alpha value is -3.46. The summed E-state index contributed by atoms with van der Waals surface area (Å²) < 4.78 is 40.4. The Kier molecular flexibility index (Phi) is 6.78. The highest BCUT2D eigenvalue weighted by molar-refractivity contribution is 7.92. The SMILES string of the molecule is Cc1ccccc1-n1c(C)cc(/C=N\NC(=O)CN(c2ccc(F)cc2)S(C)(=O)=O)c1C. The lowest BCUT2D eigenvalue weighted by Crippen LogP contribution is -2.39. The van der Waals surface area contributed by atoms with Gasteiger partial charge in [-0.05, 0) is 62.7 Å². The van der Waals surface area contributed by atoms with Crippen molar-refractivity contribution in [2.75, 3.05) is 17.1 Å². The lowest BCUT2D eigenvalue weighted by Gasteiger charge is -2.21. The summed E-state index contributed by atoms with van der Waals surface area (Å²) in [6.45, 7) is 5.51. The number of anilines is 1. The fourth-order valence-electron chi connectivity index (χ4n) is 3.45. The highest BCUT2D eigenvalue weighted by Crippen LogP contribution is 2.22. The van der Waals surface area contributed by atoms with E-state index >= 15 is 0 Å². The third kappa shape index (κ3) is 5.23. The molecule has 3 rings (SSSR count).